The number of likely N-dealkylation sites (tertiary alicyclic amines) is 1. The number of carbonyl (C=O) groups excluding carboxylic acids is 3. The van der Waals surface area contributed by atoms with Crippen LogP contribution in [0.3, 0.4) is 0 Å². The zero-order valence-corrected chi connectivity index (χ0v) is 11.5. The summed E-state index contributed by atoms with van der Waals surface area (Å²) >= 11 is 0. The topological polar surface area (TPSA) is 66.9 Å². The highest BCUT2D eigenvalue weighted by Gasteiger charge is 2.41. The van der Waals surface area contributed by atoms with Gasteiger partial charge in [0.2, 0.25) is 5.91 Å². The molecule has 0 N–H and O–H groups in total. The molecule has 0 aromatic rings. The van der Waals surface area contributed by atoms with E-state index in [1.807, 2.05) is 0 Å². The van der Waals surface area contributed by atoms with Gasteiger partial charge in [0.1, 0.15) is 0 Å². The summed E-state index contributed by atoms with van der Waals surface area (Å²) in [4.78, 5) is 38.3. The zero-order valence-electron chi connectivity index (χ0n) is 11.5. The number of hydrogen-bond donors (Lipinski definition) is 0. The van der Waals surface area contributed by atoms with E-state index >= 15 is 0 Å². The lowest BCUT2D eigenvalue weighted by molar-refractivity contribution is -0.132. The van der Waals surface area contributed by atoms with Gasteiger partial charge >= 0.3 is 6.09 Å². The quantitative estimate of drug-likeness (QED) is 0.777. The lowest BCUT2D eigenvalue weighted by atomic mass is 10.0. The molecule has 2 saturated heterocycles. The monoisotopic (exact) mass is 280 g/mol. The number of imide groups is 1. The molecule has 3 fully saturated rings. The number of nitrogens with zero attached hydrogens (tertiary/aromatic N) is 2. The third-order valence-electron chi connectivity index (χ3n) is 4.60. The predicted molar refractivity (Wildman–Crippen MR) is 69.8 cm³/mol. The molecule has 3 aliphatic rings. The molecule has 1 saturated carbocycles. The molecule has 110 valence electrons. The molecule has 20 heavy (non-hydrogen) atoms. The summed E-state index contributed by atoms with van der Waals surface area (Å²) in [5.74, 6) is 0.407. The molecule has 2 heterocycles. The van der Waals surface area contributed by atoms with Crippen LogP contribution in [-0.4, -0.2) is 53.4 Å². The van der Waals surface area contributed by atoms with Crippen LogP contribution in [0.4, 0.5) is 4.79 Å². The fourth-order valence-corrected chi connectivity index (χ4v) is 3.49. The minimum absolute atomic E-state index is 0.161. The Balaban J connectivity index is 1.54. The van der Waals surface area contributed by atoms with Crippen molar-refractivity contribution in [1.82, 2.24) is 9.80 Å². The first-order valence-electron chi connectivity index (χ1n) is 7.41. The second-order valence-corrected chi connectivity index (χ2v) is 5.96. The highest BCUT2D eigenvalue weighted by molar-refractivity contribution is 5.98. The highest BCUT2D eigenvalue weighted by atomic mass is 16.6. The van der Waals surface area contributed by atoms with Gasteiger partial charge in [-0.05, 0) is 25.2 Å². The first kappa shape index (κ1) is 13.4. The van der Waals surface area contributed by atoms with Crippen LogP contribution in [0.5, 0.6) is 0 Å². The number of ether oxygens (including phenoxy) is 1. The number of hydrogen-bond acceptors (Lipinski definition) is 4. The standard InChI is InChI=1S/C14H20N2O4/c17-12(7-10-3-1-2-4-10)15-6-5-11(8-15)16-13(18)9-20-14(16)19/h10-11H,1-9H2. The third-order valence-corrected chi connectivity index (χ3v) is 4.60. The van der Waals surface area contributed by atoms with Gasteiger partial charge in [-0.3, -0.25) is 9.59 Å². The van der Waals surface area contributed by atoms with Crippen molar-refractivity contribution in [3.63, 3.8) is 0 Å². The fourth-order valence-electron chi connectivity index (χ4n) is 3.49. The summed E-state index contributed by atoms with van der Waals surface area (Å²) in [6, 6.07) is -0.204. The van der Waals surface area contributed by atoms with Crippen molar-refractivity contribution in [3.05, 3.63) is 0 Å². The van der Waals surface area contributed by atoms with Crippen molar-refractivity contribution in [2.75, 3.05) is 19.7 Å². The minimum Gasteiger partial charge on any atom is -0.439 e. The average molecular weight is 280 g/mol. The van der Waals surface area contributed by atoms with Crippen molar-refractivity contribution in [1.29, 1.82) is 0 Å². The van der Waals surface area contributed by atoms with Gasteiger partial charge in [-0.2, -0.15) is 0 Å². The molecule has 6 nitrogen and oxygen atoms in total. The number of rotatable bonds is 3. The molecular formula is C14H20N2O4. The number of amides is 3. The van der Waals surface area contributed by atoms with Crippen LogP contribution in [0.15, 0.2) is 0 Å². The van der Waals surface area contributed by atoms with Crippen LogP contribution >= 0.6 is 0 Å². The zero-order chi connectivity index (χ0) is 14.1. The van der Waals surface area contributed by atoms with Gasteiger partial charge in [-0.15, -0.1) is 0 Å². The molecule has 1 aliphatic carbocycles. The van der Waals surface area contributed by atoms with E-state index in [-0.39, 0.29) is 24.5 Å². The van der Waals surface area contributed by atoms with Gasteiger partial charge in [0.25, 0.3) is 5.91 Å². The predicted octanol–water partition coefficient (Wildman–Crippen LogP) is 1.15. The lowest BCUT2D eigenvalue weighted by Crippen LogP contribution is -2.42. The maximum atomic E-state index is 12.2. The van der Waals surface area contributed by atoms with E-state index in [0.29, 0.717) is 31.8 Å². The summed E-state index contributed by atoms with van der Waals surface area (Å²) in [6.07, 6.45) is 5.48. The van der Waals surface area contributed by atoms with Crippen LogP contribution in [0.25, 0.3) is 0 Å². The van der Waals surface area contributed by atoms with Crippen molar-refractivity contribution in [2.45, 2.75) is 44.6 Å². The van der Waals surface area contributed by atoms with Gasteiger partial charge < -0.3 is 9.64 Å². The number of cyclic esters (lactones) is 1. The molecule has 0 bridgehead atoms. The summed E-state index contributed by atoms with van der Waals surface area (Å²) in [7, 11) is 0. The maximum absolute atomic E-state index is 12.2. The lowest BCUT2D eigenvalue weighted by Gasteiger charge is -2.21. The van der Waals surface area contributed by atoms with Crippen molar-refractivity contribution in [3.8, 4) is 0 Å². The van der Waals surface area contributed by atoms with Crippen LogP contribution in [0, 0.1) is 5.92 Å². The van der Waals surface area contributed by atoms with Crippen molar-refractivity contribution < 1.29 is 19.1 Å². The molecule has 0 spiro atoms. The van der Waals surface area contributed by atoms with Crippen LogP contribution in [0.1, 0.15) is 38.5 Å². The Kier molecular flexibility index (Phi) is 3.63. The molecule has 1 atom stereocenters. The normalized spacial score (nSPS) is 27.5. The van der Waals surface area contributed by atoms with Crippen LogP contribution in [0.2, 0.25) is 0 Å². The van der Waals surface area contributed by atoms with Crippen LogP contribution < -0.4 is 0 Å². The van der Waals surface area contributed by atoms with Gasteiger partial charge in [-0.25, -0.2) is 9.69 Å². The first-order valence-corrected chi connectivity index (χ1v) is 7.41. The Hall–Kier alpha value is -1.59. The maximum Gasteiger partial charge on any atom is 0.417 e. The van der Waals surface area contributed by atoms with E-state index in [4.69, 9.17) is 4.74 Å². The van der Waals surface area contributed by atoms with Gasteiger partial charge in [0, 0.05) is 19.5 Å². The Bertz CT molecular complexity index is 415. The van der Waals surface area contributed by atoms with E-state index in [1.54, 1.807) is 4.90 Å². The van der Waals surface area contributed by atoms with Crippen LogP contribution in [-0.2, 0) is 14.3 Å². The highest BCUT2D eigenvalue weighted by Crippen LogP contribution is 2.29. The first-order chi connectivity index (χ1) is 9.65. The minimum atomic E-state index is -0.565. The third kappa shape index (κ3) is 2.51. The van der Waals surface area contributed by atoms with Crippen molar-refractivity contribution >= 4 is 17.9 Å². The SMILES string of the molecule is O=C(CC1CCCC1)N1CCC(N2C(=O)COC2=O)C1. The van der Waals surface area contributed by atoms with E-state index in [2.05, 4.69) is 0 Å². The number of carbonyl (C=O) groups is 3. The molecule has 0 radical (unpaired) electrons. The summed E-state index contributed by atoms with van der Waals surface area (Å²) in [5.41, 5.74) is 0. The second-order valence-electron chi connectivity index (χ2n) is 5.96. The van der Waals surface area contributed by atoms with E-state index in [9.17, 15) is 14.4 Å². The smallest absolute Gasteiger partial charge is 0.417 e. The second kappa shape index (κ2) is 5.42. The molecular weight excluding hydrogens is 260 g/mol. The molecule has 0 aromatic heterocycles. The molecule has 6 heteroatoms. The van der Waals surface area contributed by atoms with Gasteiger partial charge in [0.15, 0.2) is 6.61 Å². The molecule has 1 unspecified atom stereocenters. The molecule has 2 aliphatic heterocycles. The van der Waals surface area contributed by atoms with E-state index in [0.717, 1.165) is 12.8 Å². The Morgan fingerprint density at radius 3 is 2.60 bits per heavy atom. The van der Waals surface area contributed by atoms with E-state index < -0.39 is 6.09 Å². The largest absolute Gasteiger partial charge is 0.439 e. The molecule has 3 amide bonds. The Labute approximate surface area is 118 Å². The Morgan fingerprint density at radius 1 is 1.20 bits per heavy atom. The van der Waals surface area contributed by atoms with Crippen molar-refractivity contribution in [2.24, 2.45) is 5.92 Å². The molecule has 0 aromatic carbocycles. The summed E-state index contributed by atoms with van der Waals surface area (Å²) < 4.78 is 4.73. The van der Waals surface area contributed by atoms with Gasteiger partial charge in [0.05, 0.1) is 6.04 Å². The summed E-state index contributed by atoms with van der Waals surface area (Å²) in [6.45, 7) is 0.936. The molecule has 3 rings (SSSR count). The summed E-state index contributed by atoms with van der Waals surface area (Å²) in [5, 5.41) is 0. The average Bonchev–Trinajstić information content (AvgIpc) is 3.11. The Morgan fingerprint density at radius 2 is 1.95 bits per heavy atom. The van der Waals surface area contributed by atoms with E-state index in [1.165, 1.54) is 17.7 Å². The fraction of sp³-hybridized carbons (Fsp3) is 0.786. The van der Waals surface area contributed by atoms with Gasteiger partial charge in [-0.1, -0.05) is 12.8 Å².